The molecule has 5 aliphatic rings. The number of aryl methyl sites for hydroxylation is 3. The van der Waals surface area contributed by atoms with Gasteiger partial charge in [0.25, 0.3) is 0 Å². The number of ketones is 2. The number of aliphatic hydroxyl groups is 4. The number of aliphatic hydroxyl groups excluding tert-OH is 4. The van der Waals surface area contributed by atoms with Crippen molar-refractivity contribution in [3.05, 3.63) is 73.8 Å². The first kappa shape index (κ1) is 42.5. The van der Waals surface area contributed by atoms with Crippen molar-refractivity contribution in [1.82, 2.24) is 39.0 Å². The minimum absolute atomic E-state index is 0.00887. The third-order valence-corrected chi connectivity index (χ3v) is 16.0. The second kappa shape index (κ2) is 15.9. The zero-order chi connectivity index (χ0) is 44.8. The quantitative estimate of drug-likeness (QED) is 0.128. The molecule has 17 heteroatoms. The fourth-order valence-electron chi connectivity index (χ4n) is 10.6. The molecule has 64 heavy (non-hydrogen) atoms. The summed E-state index contributed by atoms with van der Waals surface area (Å²) in [5, 5.41) is 46.7. The van der Waals surface area contributed by atoms with E-state index in [4.69, 9.17) is 4.98 Å². The maximum absolute atomic E-state index is 12.7. The highest BCUT2D eigenvalue weighted by atomic mass is 32.1. The number of imidazole rings is 2. The highest BCUT2D eigenvalue weighted by molar-refractivity contribution is 7.12. The van der Waals surface area contributed by atoms with Crippen LogP contribution >= 0.6 is 22.7 Å². The van der Waals surface area contributed by atoms with Gasteiger partial charge in [0.2, 0.25) is 11.6 Å². The Balaban J connectivity index is 0.000000153. The van der Waals surface area contributed by atoms with E-state index in [2.05, 4.69) is 53.9 Å². The second-order valence-electron chi connectivity index (χ2n) is 17.9. The molecule has 0 aromatic carbocycles. The summed E-state index contributed by atoms with van der Waals surface area (Å²) < 4.78 is 3.61. The Labute approximate surface area is 377 Å². The molecule has 0 saturated heterocycles. The van der Waals surface area contributed by atoms with Crippen molar-refractivity contribution < 1.29 is 30.0 Å². The molecule has 0 spiro atoms. The van der Waals surface area contributed by atoms with Gasteiger partial charge in [0.05, 0.1) is 63.2 Å². The highest BCUT2D eigenvalue weighted by Crippen LogP contribution is 2.69. The number of Topliss-reactive ketones (excluding diaryl/α,β-unsaturated/α-hetero) is 2. The Kier molecular flexibility index (Phi) is 10.6. The first-order chi connectivity index (χ1) is 30.8. The number of fused-ring (bicyclic) bond motifs is 4. The number of carbonyl (C=O) groups is 2. The summed E-state index contributed by atoms with van der Waals surface area (Å²) in [6.45, 7) is 9.52. The van der Waals surface area contributed by atoms with Gasteiger partial charge in [-0.15, -0.1) is 22.7 Å². The maximum atomic E-state index is 12.7. The topological polar surface area (TPSA) is 214 Å². The van der Waals surface area contributed by atoms with Crippen LogP contribution in [0.4, 0.5) is 5.82 Å². The third-order valence-electron chi connectivity index (χ3n) is 14.2. The number of thiophene rings is 2. The van der Waals surface area contributed by atoms with Crippen LogP contribution in [0.2, 0.25) is 0 Å². The molecule has 0 amide bonds. The molecule has 11 rings (SSSR count). The Hall–Kier alpha value is -5.40. The molecule has 6 heterocycles. The first-order valence-electron chi connectivity index (χ1n) is 22.0. The fourth-order valence-corrected chi connectivity index (χ4v) is 12.0. The van der Waals surface area contributed by atoms with E-state index in [9.17, 15) is 30.0 Å². The lowest BCUT2D eigenvalue weighted by atomic mass is 9.92. The van der Waals surface area contributed by atoms with Crippen LogP contribution in [0, 0.1) is 67.1 Å². The van der Waals surface area contributed by atoms with E-state index >= 15 is 0 Å². The molecule has 0 aliphatic heterocycles. The number of carbonyl (C=O) groups excluding carboxylic acids is 2. The molecular formula is C47H49N9O6S2. The van der Waals surface area contributed by atoms with Crippen LogP contribution in [0.15, 0.2) is 36.9 Å². The Bertz CT molecular complexity index is 2980. The van der Waals surface area contributed by atoms with E-state index in [-0.39, 0.29) is 23.4 Å². The van der Waals surface area contributed by atoms with Gasteiger partial charge in [0.15, 0.2) is 22.6 Å². The van der Waals surface area contributed by atoms with Crippen molar-refractivity contribution in [3.63, 3.8) is 0 Å². The molecule has 0 radical (unpaired) electrons. The Morgan fingerprint density at radius 3 is 1.64 bits per heavy atom. The molecule has 330 valence electrons. The summed E-state index contributed by atoms with van der Waals surface area (Å²) in [6, 6.07) is 7.43. The Morgan fingerprint density at radius 2 is 1.19 bits per heavy atom. The van der Waals surface area contributed by atoms with Crippen LogP contribution in [-0.4, -0.2) is 101 Å². The summed E-state index contributed by atoms with van der Waals surface area (Å²) in [6.07, 6.45) is 4.21. The van der Waals surface area contributed by atoms with Crippen molar-refractivity contribution in [2.75, 3.05) is 5.32 Å². The molecule has 5 fully saturated rings. The van der Waals surface area contributed by atoms with E-state index in [1.165, 1.54) is 16.2 Å². The van der Waals surface area contributed by atoms with Crippen LogP contribution in [0.3, 0.4) is 0 Å². The summed E-state index contributed by atoms with van der Waals surface area (Å²) in [5.74, 6) is 13.5. The minimum atomic E-state index is -1.08. The van der Waals surface area contributed by atoms with Gasteiger partial charge in [-0.2, -0.15) is 0 Å². The van der Waals surface area contributed by atoms with Gasteiger partial charge >= 0.3 is 0 Å². The number of hydrogen-bond donors (Lipinski definition) is 5. The molecule has 15 nitrogen and oxygen atoms in total. The lowest BCUT2D eigenvalue weighted by Gasteiger charge is -2.27. The van der Waals surface area contributed by atoms with Crippen LogP contribution in [0.5, 0.6) is 0 Å². The largest absolute Gasteiger partial charge is 0.389 e. The van der Waals surface area contributed by atoms with Gasteiger partial charge in [0, 0.05) is 28.6 Å². The molecule has 10 atom stereocenters. The predicted octanol–water partition coefficient (Wildman–Crippen LogP) is 4.99. The fraction of sp³-hybridized carbons (Fsp3) is 0.489. The highest BCUT2D eigenvalue weighted by Gasteiger charge is 2.75. The van der Waals surface area contributed by atoms with Crippen molar-refractivity contribution >= 4 is 62.4 Å². The molecule has 0 bridgehead atoms. The lowest BCUT2D eigenvalue weighted by molar-refractivity contribution is -0.130. The zero-order valence-electron chi connectivity index (χ0n) is 36.1. The van der Waals surface area contributed by atoms with Gasteiger partial charge in [0.1, 0.15) is 29.3 Å². The van der Waals surface area contributed by atoms with Gasteiger partial charge < -0.3 is 34.9 Å². The summed E-state index contributed by atoms with van der Waals surface area (Å²) >= 11 is 3.23. The molecule has 5 aliphatic carbocycles. The average Bonchev–Trinajstić information content (AvgIpc) is 3.64. The number of rotatable bonds is 8. The van der Waals surface area contributed by atoms with Gasteiger partial charge in [-0.25, -0.2) is 29.9 Å². The SMILES string of the molecule is CCC(=O)[C@@]12C[C@@H]1[C@@H](n1cnc3c(C)nc(C#Cc4ccc(C)s4)nc31)[C@@H](O)C2O.CCC(=O)[C@@]12C[C@@H]1[C@@H](n1cnc3c(NC4CCC4)nc(C#Cc4ccc(C)s4)nc31)[C@@H](O)C2O. The van der Waals surface area contributed by atoms with Crippen LogP contribution < -0.4 is 5.32 Å². The van der Waals surface area contributed by atoms with Gasteiger partial charge in [-0.3, -0.25) is 9.59 Å². The first-order valence-corrected chi connectivity index (χ1v) is 23.6. The zero-order valence-corrected chi connectivity index (χ0v) is 37.7. The lowest BCUT2D eigenvalue weighted by Crippen LogP contribution is -2.37. The average molecular weight is 900 g/mol. The minimum Gasteiger partial charge on any atom is -0.389 e. The van der Waals surface area contributed by atoms with Crippen molar-refractivity contribution in [3.8, 4) is 23.7 Å². The number of anilines is 1. The smallest absolute Gasteiger partial charge is 0.209 e. The normalized spacial score (nSPS) is 29.7. The van der Waals surface area contributed by atoms with Gasteiger partial charge in [-0.05, 0) is 113 Å². The third kappa shape index (κ3) is 6.78. The van der Waals surface area contributed by atoms with Crippen molar-refractivity contribution in [2.24, 2.45) is 22.7 Å². The molecule has 5 N–H and O–H groups in total. The van der Waals surface area contributed by atoms with E-state index < -0.39 is 47.3 Å². The molecule has 6 aromatic rings. The molecule has 2 unspecified atom stereocenters. The second-order valence-corrected chi connectivity index (χ2v) is 20.5. The Morgan fingerprint density at radius 1 is 0.703 bits per heavy atom. The van der Waals surface area contributed by atoms with E-state index in [0.717, 1.165) is 22.6 Å². The van der Waals surface area contributed by atoms with Crippen molar-refractivity contribution in [2.45, 2.75) is 122 Å². The van der Waals surface area contributed by atoms with Crippen LogP contribution in [0.25, 0.3) is 22.3 Å². The maximum Gasteiger partial charge on any atom is 0.209 e. The van der Waals surface area contributed by atoms with E-state index in [1.807, 2.05) is 49.6 Å². The number of aromatic nitrogens is 8. The molecule has 5 saturated carbocycles. The van der Waals surface area contributed by atoms with Crippen LogP contribution in [-0.2, 0) is 9.59 Å². The number of nitrogens with one attached hydrogen (secondary N) is 1. The monoisotopic (exact) mass is 899 g/mol. The van der Waals surface area contributed by atoms with Crippen LogP contribution in [0.1, 0.15) is 108 Å². The molecular weight excluding hydrogens is 851 g/mol. The summed E-state index contributed by atoms with van der Waals surface area (Å²) in [7, 11) is 0. The predicted molar refractivity (Wildman–Crippen MR) is 240 cm³/mol. The summed E-state index contributed by atoms with van der Waals surface area (Å²) in [4.78, 5) is 56.9. The number of nitrogens with zero attached hydrogens (tertiary/aromatic N) is 8. The van der Waals surface area contributed by atoms with Crippen molar-refractivity contribution in [1.29, 1.82) is 0 Å². The number of hydrogen-bond acceptors (Lipinski definition) is 15. The standard InChI is InChI=1S/C25H27N5O3S.C22H22N4O3S/c1-3-17(31)25-11-16(25)20(21(32)22(25)33)30-12-26-19-23(27-14-5-4-6-14)28-18(29-24(19)30)10-9-15-8-7-13(2)34-15;1-4-15(27)22-9-14(22)18(19(28)20(22)29)26-10-23-17-12(3)24-16(25-21(17)26)8-7-13-6-5-11(2)30-13/h7-8,12,14,16,20-22,32-33H,3-6,11H2,1-2H3,(H,27,28,29);5-6,10,14,18-20,28-29H,4,9H2,1-3H3/t16-,20-,21-,22?,25-;14-,18-,19-,20?,22-/m11/s1. The van der Waals surface area contributed by atoms with E-state index in [1.54, 1.807) is 53.7 Å². The van der Waals surface area contributed by atoms with E-state index in [0.29, 0.717) is 77.2 Å². The van der Waals surface area contributed by atoms with Gasteiger partial charge in [-0.1, -0.05) is 13.8 Å². The molecule has 6 aromatic heterocycles. The summed E-state index contributed by atoms with van der Waals surface area (Å²) in [5.41, 5.74) is 1.39.